The molecule has 0 aliphatic heterocycles. The zero-order valence-corrected chi connectivity index (χ0v) is 12.3. The molecular weight excluding hydrogens is 260 g/mol. The van der Waals surface area contributed by atoms with Gasteiger partial charge in [-0.15, -0.1) is 5.10 Å². The number of thioether (sulfide) groups is 1. The lowest BCUT2D eigenvalue weighted by Crippen LogP contribution is -2.24. The van der Waals surface area contributed by atoms with Gasteiger partial charge in [-0.25, -0.2) is 4.98 Å². The molecule has 1 aliphatic rings. The van der Waals surface area contributed by atoms with Gasteiger partial charge in [-0.05, 0) is 19.3 Å². The van der Waals surface area contributed by atoms with E-state index in [2.05, 4.69) is 20.5 Å². The van der Waals surface area contributed by atoms with Gasteiger partial charge in [-0.1, -0.05) is 37.4 Å². The summed E-state index contributed by atoms with van der Waals surface area (Å²) in [6.45, 7) is 2.58. The monoisotopic (exact) mass is 282 g/mol. The minimum absolute atomic E-state index is 0.0322. The largest absolute Gasteiger partial charge is 0.356 e. The van der Waals surface area contributed by atoms with E-state index in [1.54, 1.807) is 0 Å². The van der Waals surface area contributed by atoms with Gasteiger partial charge in [0, 0.05) is 13.0 Å². The van der Waals surface area contributed by atoms with Crippen molar-refractivity contribution in [2.24, 2.45) is 5.92 Å². The van der Waals surface area contributed by atoms with Crippen molar-refractivity contribution in [3.8, 4) is 0 Å². The van der Waals surface area contributed by atoms with Gasteiger partial charge in [0.15, 0.2) is 0 Å². The van der Waals surface area contributed by atoms with Crippen molar-refractivity contribution in [3.05, 3.63) is 5.82 Å². The highest BCUT2D eigenvalue weighted by molar-refractivity contribution is 7.99. The number of rotatable bonds is 7. The second-order valence-corrected chi connectivity index (χ2v) is 5.94. The molecule has 0 aromatic carbocycles. The summed E-state index contributed by atoms with van der Waals surface area (Å²) in [4.78, 5) is 15.7. The number of nitrogens with one attached hydrogen (secondary N) is 2. The summed E-state index contributed by atoms with van der Waals surface area (Å²) in [6, 6.07) is 0. The highest BCUT2D eigenvalue weighted by Crippen LogP contribution is 2.28. The standard InChI is InChI=1S/C13H22N4OS/c1-2-14-12(18)9-19-13-15-11(16-17-13)8-7-10-5-3-4-6-10/h10H,2-9H2,1H3,(H,14,18)(H,15,16,17). The number of carbonyl (C=O) groups is 1. The minimum Gasteiger partial charge on any atom is -0.356 e. The molecule has 106 valence electrons. The predicted octanol–water partition coefficient (Wildman–Crippen LogP) is 2.16. The van der Waals surface area contributed by atoms with E-state index in [0.29, 0.717) is 17.5 Å². The summed E-state index contributed by atoms with van der Waals surface area (Å²) < 4.78 is 0. The molecule has 1 saturated carbocycles. The van der Waals surface area contributed by atoms with Gasteiger partial charge in [0.1, 0.15) is 5.82 Å². The smallest absolute Gasteiger partial charge is 0.230 e. The summed E-state index contributed by atoms with van der Waals surface area (Å²) in [5, 5.41) is 10.5. The average Bonchev–Trinajstić information content (AvgIpc) is 3.06. The van der Waals surface area contributed by atoms with Crippen molar-refractivity contribution in [3.63, 3.8) is 0 Å². The number of nitrogens with zero attached hydrogens (tertiary/aromatic N) is 2. The molecule has 0 bridgehead atoms. The molecule has 0 spiro atoms. The van der Waals surface area contributed by atoms with Crippen LogP contribution >= 0.6 is 11.8 Å². The molecule has 19 heavy (non-hydrogen) atoms. The molecule has 1 aliphatic carbocycles. The predicted molar refractivity (Wildman–Crippen MR) is 76.1 cm³/mol. The van der Waals surface area contributed by atoms with E-state index in [4.69, 9.17) is 0 Å². The lowest BCUT2D eigenvalue weighted by Gasteiger charge is -2.05. The molecular formula is C13H22N4OS. The Balaban J connectivity index is 1.70. The number of aromatic nitrogens is 3. The summed E-state index contributed by atoms with van der Waals surface area (Å²) in [6.07, 6.45) is 7.68. The molecule has 0 unspecified atom stereocenters. The lowest BCUT2D eigenvalue weighted by molar-refractivity contribution is -0.118. The fourth-order valence-electron chi connectivity index (χ4n) is 2.47. The van der Waals surface area contributed by atoms with E-state index >= 15 is 0 Å². The zero-order valence-electron chi connectivity index (χ0n) is 11.4. The van der Waals surface area contributed by atoms with Gasteiger partial charge in [0.05, 0.1) is 5.75 Å². The van der Waals surface area contributed by atoms with Gasteiger partial charge in [0.25, 0.3) is 0 Å². The number of hydrogen-bond donors (Lipinski definition) is 2. The topological polar surface area (TPSA) is 70.7 Å². The Morgan fingerprint density at radius 3 is 3.00 bits per heavy atom. The van der Waals surface area contributed by atoms with Gasteiger partial charge < -0.3 is 5.32 Å². The van der Waals surface area contributed by atoms with Crippen molar-refractivity contribution in [1.82, 2.24) is 20.5 Å². The maximum absolute atomic E-state index is 11.3. The maximum Gasteiger partial charge on any atom is 0.230 e. The highest BCUT2D eigenvalue weighted by Gasteiger charge is 2.15. The average molecular weight is 282 g/mol. The molecule has 1 amide bonds. The molecule has 0 saturated heterocycles. The Morgan fingerprint density at radius 1 is 1.47 bits per heavy atom. The lowest BCUT2D eigenvalue weighted by atomic mass is 10.0. The Labute approximate surface area is 118 Å². The Hall–Kier alpha value is -1.04. The summed E-state index contributed by atoms with van der Waals surface area (Å²) in [5.74, 6) is 2.24. The Kier molecular flexibility index (Phi) is 5.69. The zero-order chi connectivity index (χ0) is 13.5. The number of hydrogen-bond acceptors (Lipinski definition) is 4. The van der Waals surface area contributed by atoms with Crippen LogP contribution in [0.15, 0.2) is 5.16 Å². The van der Waals surface area contributed by atoms with Crippen LogP contribution in [-0.4, -0.2) is 33.4 Å². The van der Waals surface area contributed by atoms with Crippen molar-refractivity contribution >= 4 is 17.7 Å². The van der Waals surface area contributed by atoms with E-state index < -0.39 is 0 Å². The molecule has 0 atom stereocenters. The first kappa shape index (κ1) is 14.4. The molecule has 0 radical (unpaired) electrons. The van der Waals surface area contributed by atoms with Crippen molar-refractivity contribution in [2.75, 3.05) is 12.3 Å². The molecule has 6 heteroatoms. The number of amides is 1. The third kappa shape index (κ3) is 4.86. The SMILES string of the molecule is CCNC(=O)CSc1n[nH]c(CCC2CCCC2)n1. The fourth-order valence-corrected chi connectivity index (χ4v) is 3.12. The minimum atomic E-state index is 0.0322. The van der Waals surface area contributed by atoms with E-state index in [9.17, 15) is 4.79 Å². The molecule has 1 aromatic rings. The first-order chi connectivity index (χ1) is 9.28. The van der Waals surface area contributed by atoms with Crippen LogP contribution in [0.3, 0.4) is 0 Å². The molecule has 1 aromatic heterocycles. The van der Waals surface area contributed by atoms with E-state index in [0.717, 1.165) is 18.2 Å². The van der Waals surface area contributed by atoms with Gasteiger partial charge in [0.2, 0.25) is 11.1 Å². The molecule has 1 fully saturated rings. The van der Waals surface area contributed by atoms with Crippen LogP contribution < -0.4 is 5.32 Å². The van der Waals surface area contributed by atoms with Crippen molar-refractivity contribution in [2.45, 2.75) is 50.6 Å². The van der Waals surface area contributed by atoms with Crippen LogP contribution in [0, 0.1) is 5.92 Å². The van der Waals surface area contributed by atoms with E-state index in [-0.39, 0.29) is 5.91 Å². The second kappa shape index (κ2) is 7.53. The Bertz CT molecular complexity index is 401. The van der Waals surface area contributed by atoms with E-state index in [1.807, 2.05) is 6.92 Å². The first-order valence-electron chi connectivity index (χ1n) is 7.08. The molecule has 5 nitrogen and oxygen atoms in total. The Morgan fingerprint density at radius 2 is 2.26 bits per heavy atom. The third-order valence-corrected chi connectivity index (χ3v) is 4.33. The van der Waals surface area contributed by atoms with Crippen LogP contribution in [-0.2, 0) is 11.2 Å². The van der Waals surface area contributed by atoms with Crippen LogP contribution in [0.4, 0.5) is 0 Å². The molecule has 2 rings (SSSR count). The van der Waals surface area contributed by atoms with E-state index in [1.165, 1.54) is 43.9 Å². The number of aryl methyl sites for hydroxylation is 1. The van der Waals surface area contributed by atoms with Crippen molar-refractivity contribution < 1.29 is 4.79 Å². The highest BCUT2D eigenvalue weighted by atomic mass is 32.2. The number of carbonyl (C=O) groups excluding carboxylic acids is 1. The van der Waals surface area contributed by atoms with Gasteiger partial charge in [-0.2, -0.15) is 0 Å². The van der Waals surface area contributed by atoms with Gasteiger partial charge in [-0.3, -0.25) is 9.89 Å². The van der Waals surface area contributed by atoms with Crippen LogP contribution in [0.5, 0.6) is 0 Å². The van der Waals surface area contributed by atoms with Crippen LogP contribution in [0.1, 0.15) is 44.9 Å². The van der Waals surface area contributed by atoms with Crippen molar-refractivity contribution in [1.29, 1.82) is 0 Å². The fraction of sp³-hybridized carbons (Fsp3) is 0.769. The maximum atomic E-state index is 11.3. The third-order valence-electron chi connectivity index (χ3n) is 3.48. The van der Waals surface area contributed by atoms with Crippen LogP contribution in [0.2, 0.25) is 0 Å². The molecule has 2 N–H and O–H groups in total. The summed E-state index contributed by atoms with van der Waals surface area (Å²) in [7, 11) is 0. The summed E-state index contributed by atoms with van der Waals surface area (Å²) in [5.41, 5.74) is 0. The summed E-state index contributed by atoms with van der Waals surface area (Å²) >= 11 is 1.38. The number of H-pyrrole nitrogens is 1. The van der Waals surface area contributed by atoms with Gasteiger partial charge >= 0.3 is 0 Å². The number of aromatic amines is 1. The normalized spacial score (nSPS) is 15.8. The molecule has 1 heterocycles. The second-order valence-electron chi connectivity index (χ2n) is 5.00. The van der Waals surface area contributed by atoms with Crippen LogP contribution in [0.25, 0.3) is 0 Å². The first-order valence-corrected chi connectivity index (χ1v) is 8.07. The quantitative estimate of drug-likeness (QED) is 0.752.